The molecule has 0 aromatic carbocycles. The van der Waals surface area contributed by atoms with Crippen LogP contribution in [0.3, 0.4) is 0 Å². The molecular formula is C12H23N3O3. The number of ether oxygens (including phenoxy) is 1. The van der Waals surface area contributed by atoms with Crippen molar-refractivity contribution in [1.82, 2.24) is 15.1 Å². The van der Waals surface area contributed by atoms with E-state index >= 15 is 0 Å². The Morgan fingerprint density at radius 3 is 2.56 bits per heavy atom. The van der Waals surface area contributed by atoms with E-state index in [4.69, 9.17) is 4.74 Å². The van der Waals surface area contributed by atoms with Gasteiger partial charge < -0.3 is 15.0 Å². The fourth-order valence-corrected chi connectivity index (χ4v) is 1.77. The van der Waals surface area contributed by atoms with Crippen molar-refractivity contribution in [1.29, 1.82) is 0 Å². The van der Waals surface area contributed by atoms with Gasteiger partial charge in [0.2, 0.25) is 11.8 Å². The Kier molecular flexibility index (Phi) is 6.67. The molecule has 0 spiro atoms. The molecule has 1 fully saturated rings. The normalized spacial score (nSPS) is 15.8. The smallest absolute Gasteiger partial charge is 0.236 e. The second kappa shape index (κ2) is 8.05. The fraction of sp³-hybridized carbons (Fsp3) is 0.833. The zero-order chi connectivity index (χ0) is 13.4. The Morgan fingerprint density at radius 2 is 1.94 bits per heavy atom. The van der Waals surface area contributed by atoms with Crippen LogP contribution in [0.15, 0.2) is 0 Å². The topological polar surface area (TPSA) is 61.9 Å². The van der Waals surface area contributed by atoms with Crippen molar-refractivity contribution in [2.24, 2.45) is 0 Å². The summed E-state index contributed by atoms with van der Waals surface area (Å²) in [5.41, 5.74) is 0. The predicted molar refractivity (Wildman–Crippen MR) is 68.2 cm³/mol. The van der Waals surface area contributed by atoms with E-state index < -0.39 is 0 Å². The van der Waals surface area contributed by atoms with Crippen LogP contribution in [0.1, 0.15) is 13.3 Å². The van der Waals surface area contributed by atoms with Gasteiger partial charge in [-0.25, -0.2) is 0 Å². The van der Waals surface area contributed by atoms with Crippen molar-refractivity contribution in [3.8, 4) is 0 Å². The fourth-order valence-electron chi connectivity index (χ4n) is 1.77. The van der Waals surface area contributed by atoms with Crippen LogP contribution in [-0.4, -0.2) is 74.6 Å². The highest BCUT2D eigenvalue weighted by Gasteiger charge is 2.18. The quantitative estimate of drug-likeness (QED) is 0.684. The molecule has 1 saturated heterocycles. The number of carbonyl (C=O) groups excluding carboxylic acids is 2. The maximum Gasteiger partial charge on any atom is 0.236 e. The second-order valence-corrected chi connectivity index (χ2v) is 4.52. The number of amides is 2. The first-order chi connectivity index (χ1) is 8.63. The Balaban J connectivity index is 2.23. The average Bonchev–Trinajstić information content (AvgIpc) is 2.37. The van der Waals surface area contributed by atoms with E-state index in [-0.39, 0.29) is 24.9 Å². The van der Waals surface area contributed by atoms with E-state index in [9.17, 15) is 9.59 Å². The van der Waals surface area contributed by atoms with E-state index in [0.29, 0.717) is 32.8 Å². The lowest BCUT2D eigenvalue weighted by molar-refractivity contribution is -0.136. The summed E-state index contributed by atoms with van der Waals surface area (Å²) in [7, 11) is 1.78. The molecule has 6 nitrogen and oxygen atoms in total. The summed E-state index contributed by atoms with van der Waals surface area (Å²) < 4.78 is 5.19. The molecule has 6 heteroatoms. The van der Waals surface area contributed by atoms with Crippen LogP contribution in [0, 0.1) is 0 Å². The van der Waals surface area contributed by atoms with Gasteiger partial charge in [0, 0.05) is 19.6 Å². The van der Waals surface area contributed by atoms with Gasteiger partial charge >= 0.3 is 0 Å². The maximum atomic E-state index is 11.9. The van der Waals surface area contributed by atoms with Crippen molar-refractivity contribution in [3.63, 3.8) is 0 Å². The number of nitrogens with one attached hydrogen (secondary N) is 1. The third kappa shape index (κ3) is 5.46. The number of morpholine rings is 1. The van der Waals surface area contributed by atoms with Gasteiger partial charge in [0.05, 0.1) is 26.3 Å². The second-order valence-electron chi connectivity index (χ2n) is 4.52. The van der Waals surface area contributed by atoms with Crippen LogP contribution in [0.4, 0.5) is 0 Å². The van der Waals surface area contributed by atoms with E-state index in [0.717, 1.165) is 6.42 Å². The van der Waals surface area contributed by atoms with Crippen LogP contribution >= 0.6 is 0 Å². The van der Waals surface area contributed by atoms with Gasteiger partial charge in [-0.3, -0.25) is 14.5 Å². The van der Waals surface area contributed by atoms with Crippen molar-refractivity contribution in [2.45, 2.75) is 13.3 Å². The van der Waals surface area contributed by atoms with Gasteiger partial charge in [0.15, 0.2) is 0 Å². The molecule has 0 radical (unpaired) electrons. The van der Waals surface area contributed by atoms with E-state index in [1.54, 1.807) is 16.8 Å². The van der Waals surface area contributed by atoms with Gasteiger partial charge in [-0.05, 0) is 13.5 Å². The molecule has 0 saturated carbocycles. The standard InChI is InChI=1S/C12H23N3O3/c1-3-4-13-11(16)9-14(2)10-12(17)15-5-7-18-8-6-15/h3-10H2,1-2H3,(H,13,16). The molecule has 0 bridgehead atoms. The number of nitrogens with zero attached hydrogens (tertiary/aromatic N) is 2. The first-order valence-electron chi connectivity index (χ1n) is 6.44. The van der Waals surface area contributed by atoms with Gasteiger partial charge in [-0.1, -0.05) is 6.92 Å². The lowest BCUT2D eigenvalue weighted by atomic mass is 10.3. The zero-order valence-corrected chi connectivity index (χ0v) is 11.3. The minimum atomic E-state index is -0.0332. The molecule has 1 rings (SSSR count). The SMILES string of the molecule is CCCNC(=O)CN(C)CC(=O)N1CCOCC1. The monoisotopic (exact) mass is 257 g/mol. The van der Waals surface area contributed by atoms with E-state index in [1.807, 2.05) is 6.92 Å². The predicted octanol–water partition coefficient (Wildman–Crippen LogP) is -0.697. The summed E-state index contributed by atoms with van der Waals surface area (Å²) in [6.45, 7) is 5.73. The lowest BCUT2D eigenvalue weighted by Crippen LogP contribution is -2.46. The van der Waals surface area contributed by atoms with Gasteiger partial charge in [-0.15, -0.1) is 0 Å². The molecular weight excluding hydrogens is 234 g/mol. The highest BCUT2D eigenvalue weighted by atomic mass is 16.5. The molecule has 1 heterocycles. The number of rotatable bonds is 6. The molecule has 2 amide bonds. The van der Waals surface area contributed by atoms with Crippen LogP contribution in [-0.2, 0) is 14.3 Å². The first-order valence-corrected chi connectivity index (χ1v) is 6.44. The van der Waals surface area contributed by atoms with Crippen molar-refractivity contribution in [3.05, 3.63) is 0 Å². The Morgan fingerprint density at radius 1 is 1.28 bits per heavy atom. The summed E-state index contributed by atoms with van der Waals surface area (Å²) in [4.78, 5) is 26.9. The molecule has 1 aliphatic rings. The van der Waals surface area contributed by atoms with Gasteiger partial charge in [0.25, 0.3) is 0 Å². The molecule has 0 unspecified atom stereocenters. The molecule has 1 aliphatic heterocycles. The Labute approximate surface area is 108 Å². The number of carbonyl (C=O) groups is 2. The Hall–Kier alpha value is -1.14. The highest BCUT2D eigenvalue weighted by molar-refractivity contribution is 5.81. The van der Waals surface area contributed by atoms with E-state index in [2.05, 4.69) is 5.32 Å². The number of hydrogen-bond donors (Lipinski definition) is 1. The summed E-state index contributed by atoms with van der Waals surface area (Å²) in [5.74, 6) is 0.0261. The summed E-state index contributed by atoms with van der Waals surface area (Å²) in [6, 6.07) is 0. The van der Waals surface area contributed by atoms with Crippen molar-refractivity contribution in [2.75, 3.05) is 53.0 Å². The highest BCUT2D eigenvalue weighted by Crippen LogP contribution is 1.98. The summed E-state index contributed by atoms with van der Waals surface area (Å²) in [5, 5.41) is 2.79. The molecule has 1 N–H and O–H groups in total. The largest absolute Gasteiger partial charge is 0.378 e. The molecule has 104 valence electrons. The van der Waals surface area contributed by atoms with Crippen molar-refractivity contribution < 1.29 is 14.3 Å². The van der Waals surface area contributed by atoms with Crippen LogP contribution in [0.2, 0.25) is 0 Å². The maximum absolute atomic E-state index is 11.9. The minimum absolute atomic E-state index is 0.0332. The van der Waals surface area contributed by atoms with Crippen LogP contribution in [0.25, 0.3) is 0 Å². The lowest BCUT2D eigenvalue weighted by Gasteiger charge is -2.28. The molecule has 0 atom stereocenters. The zero-order valence-electron chi connectivity index (χ0n) is 11.3. The molecule has 0 aromatic heterocycles. The number of hydrogen-bond acceptors (Lipinski definition) is 4. The minimum Gasteiger partial charge on any atom is -0.378 e. The first kappa shape index (κ1) is 14.9. The van der Waals surface area contributed by atoms with Crippen LogP contribution in [0.5, 0.6) is 0 Å². The van der Waals surface area contributed by atoms with Crippen LogP contribution < -0.4 is 5.32 Å². The Bertz CT molecular complexity index is 278. The summed E-state index contributed by atoms with van der Waals surface area (Å²) in [6.07, 6.45) is 0.919. The van der Waals surface area contributed by atoms with Gasteiger partial charge in [0.1, 0.15) is 0 Å². The third-order valence-electron chi connectivity index (χ3n) is 2.75. The number of likely N-dealkylation sites (N-methyl/N-ethyl adjacent to an activating group) is 1. The molecule has 0 aromatic rings. The molecule has 18 heavy (non-hydrogen) atoms. The third-order valence-corrected chi connectivity index (χ3v) is 2.75. The average molecular weight is 257 g/mol. The van der Waals surface area contributed by atoms with Crippen molar-refractivity contribution >= 4 is 11.8 Å². The van der Waals surface area contributed by atoms with E-state index in [1.165, 1.54) is 0 Å². The summed E-state index contributed by atoms with van der Waals surface area (Å²) >= 11 is 0. The van der Waals surface area contributed by atoms with Gasteiger partial charge in [-0.2, -0.15) is 0 Å². The molecule has 0 aliphatic carbocycles.